The van der Waals surface area contributed by atoms with Crippen LogP contribution in [-0.2, 0) is 11.3 Å². The molecule has 9 nitrogen and oxygen atoms in total. The lowest BCUT2D eigenvalue weighted by Crippen LogP contribution is -2.47. The van der Waals surface area contributed by atoms with E-state index in [1.165, 1.54) is 5.56 Å². The second-order valence-electron chi connectivity index (χ2n) is 8.07. The highest BCUT2D eigenvalue weighted by molar-refractivity contribution is 5.81. The number of aromatic amines is 1. The van der Waals surface area contributed by atoms with E-state index >= 15 is 0 Å². The predicted octanol–water partition coefficient (Wildman–Crippen LogP) is 1.11. The fraction of sp³-hybridized carbons (Fsp3) is 0.524. The van der Waals surface area contributed by atoms with Crippen LogP contribution in [0.4, 0.5) is 0 Å². The number of rotatable bonds is 6. The molecule has 1 atom stereocenters. The quantitative estimate of drug-likeness (QED) is 0.650. The molecule has 30 heavy (non-hydrogen) atoms. The van der Waals surface area contributed by atoms with Gasteiger partial charge in [-0.15, -0.1) is 5.10 Å². The van der Waals surface area contributed by atoms with E-state index in [1.807, 2.05) is 12.1 Å². The zero-order valence-electron chi connectivity index (χ0n) is 18.1. The van der Waals surface area contributed by atoms with Crippen LogP contribution in [0.2, 0.25) is 0 Å². The second kappa shape index (κ2) is 8.63. The Labute approximate surface area is 175 Å². The van der Waals surface area contributed by atoms with Crippen molar-refractivity contribution in [1.82, 2.24) is 35.0 Å². The number of benzene rings is 1. The Balaban J connectivity index is 1.84. The summed E-state index contributed by atoms with van der Waals surface area (Å²) in [6, 6.07) is 5.83. The van der Waals surface area contributed by atoms with Crippen LogP contribution in [0.15, 0.2) is 23.0 Å². The summed E-state index contributed by atoms with van der Waals surface area (Å²) in [5.41, 5.74) is 3.77. The lowest BCUT2D eigenvalue weighted by atomic mass is 10.0. The number of piperazine rings is 1. The maximum atomic E-state index is 13.2. The van der Waals surface area contributed by atoms with Crippen molar-refractivity contribution in [3.05, 3.63) is 51.1 Å². The molecule has 0 amide bonds. The monoisotopic (exact) mass is 411 g/mol. The molecule has 0 saturated carbocycles. The summed E-state index contributed by atoms with van der Waals surface area (Å²) in [7, 11) is 3.77. The van der Waals surface area contributed by atoms with Crippen molar-refractivity contribution in [3.8, 4) is 0 Å². The van der Waals surface area contributed by atoms with Crippen molar-refractivity contribution in [3.63, 3.8) is 0 Å². The van der Waals surface area contributed by atoms with Crippen LogP contribution < -0.4 is 5.56 Å². The minimum Gasteiger partial charge on any atom is -0.383 e. The Kier molecular flexibility index (Phi) is 5.94. The maximum absolute atomic E-state index is 13.2. The SMILES string of the molecule is COCCn1nnnc1[C@H](c1cc2cc(C)c(C)cc2[nH]c1=O)N1CCN(C)CC1. The molecule has 4 rings (SSSR count). The molecular formula is C21H29N7O2. The number of hydrogen-bond acceptors (Lipinski definition) is 7. The first-order valence-electron chi connectivity index (χ1n) is 10.3. The fourth-order valence-electron chi connectivity index (χ4n) is 4.02. The van der Waals surface area contributed by atoms with Gasteiger partial charge in [0.25, 0.3) is 5.56 Å². The molecule has 9 heteroatoms. The first kappa shape index (κ1) is 20.6. The Morgan fingerprint density at radius 2 is 1.87 bits per heavy atom. The van der Waals surface area contributed by atoms with Crippen LogP contribution in [0.25, 0.3) is 10.9 Å². The van der Waals surface area contributed by atoms with Gasteiger partial charge < -0.3 is 14.6 Å². The number of nitrogens with zero attached hydrogens (tertiary/aromatic N) is 6. The van der Waals surface area contributed by atoms with Crippen LogP contribution in [0.3, 0.4) is 0 Å². The molecular weight excluding hydrogens is 382 g/mol. The molecule has 1 aliphatic rings. The molecule has 0 bridgehead atoms. The Hall–Kier alpha value is -2.62. The predicted molar refractivity (Wildman–Crippen MR) is 115 cm³/mol. The molecule has 0 unspecified atom stereocenters. The lowest BCUT2D eigenvalue weighted by Gasteiger charge is -2.37. The molecule has 1 aromatic carbocycles. The van der Waals surface area contributed by atoms with Gasteiger partial charge in [-0.1, -0.05) is 0 Å². The van der Waals surface area contributed by atoms with Crippen molar-refractivity contribution in [2.45, 2.75) is 26.4 Å². The number of H-pyrrole nitrogens is 1. The van der Waals surface area contributed by atoms with Gasteiger partial charge in [-0.25, -0.2) is 4.68 Å². The van der Waals surface area contributed by atoms with Crippen molar-refractivity contribution in [2.75, 3.05) is 46.9 Å². The Morgan fingerprint density at radius 3 is 2.60 bits per heavy atom. The number of hydrogen-bond donors (Lipinski definition) is 1. The molecule has 3 heterocycles. The van der Waals surface area contributed by atoms with Gasteiger partial charge in [-0.2, -0.15) is 0 Å². The van der Waals surface area contributed by atoms with Crippen molar-refractivity contribution < 1.29 is 4.74 Å². The Morgan fingerprint density at radius 1 is 1.13 bits per heavy atom. The Bertz CT molecular complexity index is 1080. The number of aromatic nitrogens is 5. The van der Waals surface area contributed by atoms with Crippen molar-refractivity contribution >= 4 is 10.9 Å². The van der Waals surface area contributed by atoms with E-state index in [4.69, 9.17) is 4.74 Å². The van der Waals surface area contributed by atoms with E-state index in [-0.39, 0.29) is 11.6 Å². The number of tetrazole rings is 1. The zero-order valence-corrected chi connectivity index (χ0v) is 18.1. The van der Waals surface area contributed by atoms with Crippen LogP contribution >= 0.6 is 0 Å². The summed E-state index contributed by atoms with van der Waals surface area (Å²) >= 11 is 0. The highest BCUT2D eigenvalue weighted by Crippen LogP contribution is 2.28. The van der Waals surface area contributed by atoms with Crippen molar-refractivity contribution in [2.24, 2.45) is 0 Å². The molecule has 3 aromatic rings. The average molecular weight is 412 g/mol. The molecule has 0 radical (unpaired) electrons. The normalized spacial score (nSPS) is 16.9. The van der Waals surface area contributed by atoms with E-state index in [2.05, 4.69) is 57.3 Å². The number of nitrogens with one attached hydrogen (secondary N) is 1. The third-order valence-electron chi connectivity index (χ3n) is 6.00. The van der Waals surface area contributed by atoms with E-state index in [1.54, 1.807) is 11.8 Å². The fourth-order valence-corrected chi connectivity index (χ4v) is 4.02. The van der Waals surface area contributed by atoms with E-state index < -0.39 is 0 Å². The van der Waals surface area contributed by atoms with Crippen molar-refractivity contribution in [1.29, 1.82) is 0 Å². The lowest BCUT2D eigenvalue weighted by molar-refractivity contribution is 0.119. The summed E-state index contributed by atoms with van der Waals surface area (Å²) in [6.07, 6.45) is 0. The zero-order chi connectivity index (χ0) is 21.3. The molecule has 1 N–H and O–H groups in total. The molecule has 2 aromatic heterocycles. The van der Waals surface area contributed by atoms with Gasteiger partial charge in [-0.3, -0.25) is 9.69 Å². The summed E-state index contributed by atoms with van der Waals surface area (Å²) < 4.78 is 6.96. The first-order chi connectivity index (χ1) is 14.5. The number of ether oxygens (including phenoxy) is 1. The maximum Gasteiger partial charge on any atom is 0.253 e. The number of likely N-dealkylation sites (N-methyl/N-ethyl adjacent to an activating group) is 1. The minimum atomic E-state index is -0.319. The molecule has 0 aliphatic carbocycles. The van der Waals surface area contributed by atoms with Gasteiger partial charge >= 0.3 is 0 Å². The molecule has 1 fully saturated rings. The number of methoxy groups -OCH3 is 1. The number of pyridine rings is 1. The third kappa shape index (κ3) is 4.00. The first-order valence-corrected chi connectivity index (χ1v) is 10.3. The smallest absolute Gasteiger partial charge is 0.253 e. The van der Waals surface area contributed by atoms with E-state index in [0.29, 0.717) is 24.5 Å². The standard InChI is InChI=1S/C21H29N7O2/c1-14-11-16-13-17(21(29)22-18(16)12-15(14)2)19(27-7-5-26(3)6-8-27)20-23-24-25-28(20)9-10-30-4/h11-13,19H,5-10H2,1-4H3,(H,22,29)/t19-/m0/s1. The minimum absolute atomic E-state index is 0.101. The largest absolute Gasteiger partial charge is 0.383 e. The van der Waals surface area contributed by atoms with Gasteiger partial charge in [0.15, 0.2) is 5.82 Å². The highest BCUT2D eigenvalue weighted by Gasteiger charge is 2.32. The summed E-state index contributed by atoms with van der Waals surface area (Å²) in [6.45, 7) is 8.71. The van der Waals surface area contributed by atoms with Crippen LogP contribution in [0.5, 0.6) is 0 Å². The van der Waals surface area contributed by atoms with Gasteiger partial charge in [0.05, 0.1) is 13.2 Å². The summed E-state index contributed by atoms with van der Waals surface area (Å²) in [5.74, 6) is 0.672. The topological polar surface area (TPSA) is 92.2 Å². The van der Waals surface area contributed by atoms with Crippen LogP contribution in [0.1, 0.15) is 28.6 Å². The highest BCUT2D eigenvalue weighted by atomic mass is 16.5. The third-order valence-corrected chi connectivity index (χ3v) is 6.00. The van der Waals surface area contributed by atoms with Crippen LogP contribution in [0, 0.1) is 13.8 Å². The molecule has 160 valence electrons. The number of aryl methyl sites for hydroxylation is 2. The molecule has 1 saturated heterocycles. The van der Waals surface area contributed by atoms with E-state index in [9.17, 15) is 4.79 Å². The van der Waals surface area contributed by atoms with Gasteiger partial charge in [-0.05, 0) is 66.0 Å². The second-order valence-corrected chi connectivity index (χ2v) is 8.07. The number of fused-ring (bicyclic) bond motifs is 1. The molecule has 1 aliphatic heterocycles. The summed E-state index contributed by atoms with van der Waals surface area (Å²) in [5, 5.41) is 13.4. The summed E-state index contributed by atoms with van der Waals surface area (Å²) in [4.78, 5) is 20.9. The van der Waals surface area contributed by atoms with Gasteiger partial charge in [0.1, 0.15) is 6.04 Å². The molecule has 0 spiro atoms. The van der Waals surface area contributed by atoms with E-state index in [0.717, 1.165) is 42.6 Å². The van der Waals surface area contributed by atoms with Gasteiger partial charge in [0.2, 0.25) is 0 Å². The van der Waals surface area contributed by atoms with Crippen LogP contribution in [-0.4, -0.2) is 81.9 Å². The van der Waals surface area contributed by atoms with Gasteiger partial charge in [0, 0.05) is 44.4 Å². The average Bonchev–Trinajstić information content (AvgIpc) is 3.18.